The molecule has 0 bridgehead atoms. The Morgan fingerprint density at radius 1 is 1.25 bits per heavy atom. The van der Waals surface area contributed by atoms with Crippen molar-refractivity contribution >= 4 is 54.0 Å². The van der Waals surface area contributed by atoms with Gasteiger partial charge in [0.1, 0.15) is 0 Å². The number of fused-ring (bicyclic) bond motifs is 1. The number of aromatic nitrogens is 1. The molecule has 2 N–H and O–H groups in total. The van der Waals surface area contributed by atoms with Crippen molar-refractivity contribution in [2.24, 2.45) is 0 Å². The van der Waals surface area contributed by atoms with Crippen LogP contribution in [0.2, 0.25) is 0 Å². The highest BCUT2D eigenvalue weighted by molar-refractivity contribution is 9.10. The van der Waals surface area contributed by atoms with E-state index in [1.807, 2.05) is 42.5 Å². The van der Waals surface area contributed by atoms with Gasteiger partial charge in [-0.25, -0.2) is 4.98 Å². The van der Waals surface area contributed by atoms with E-state index in [0.717, 1.165) is 20.3 Å². The maximum Gasteiger partial charge on any atom is 0.182 e. The second-order valence-electron chi connectivity index (χ2n) is 4.33. The second-order valence-corrected chi connectivity index (χ2v) is 7.90. The van der Waals surface area contributed by atoms with E-state index in [2.05, 4.69) is 20.9 Å². The predicted octanol–water partition coefficient (Wildman–Crippen LogP) is 3.95. The van der Waals surface area contributed by atoms with Crippen LogP contribution in [0.3, 0.4) is 0 Å². The van der Waals surface area contributed by atoms with E-state index in [9.17, 15) is 4.21 Å². The van der Waals surface area contributed by atoms with Gasteiger partial charge in [0, 0.05) is 10.2 Å². The van der Waals surface area contributed by atoms with Crippen LogP contribution in [0.5, 0.6) is 0 Å². The van der Waals surface area contributed by atoms with Gasteiger partial charge in [0.15, 0.2) is 4.34 Å². The molecule has 0 saturated heterocycles. The standard InChI is InChI=1S/C14H11BrN2OS2/c15-10-3-1-2-9(6-10)8-20(18)14-17-12-5-4-11(16)7-13(12)19-14/h1-7H,8,16H2. The maximum absolute atomic E-state index is 12.4. The molecule has 6 heteroatoms. The van der Waals surface area contributed by atoms with Crippen LogP contribution >= 0.6 is 27.3 Å². The number of halogens is 1. The molecule has 0 saturated carbocycles. The highest BCUT2D eigenvalue weighted by Crippen LogP contribution is 2.27. The largest absolute Gasteiger partial charge is 0.399 e. The Morgan fingerprint density at radius 3 is 2.90 bits per heavy atom. The smallest absolute Gasteiger partial charge is 0.182 e. The summed E-state index contributed by atoms with van der Waals surface area (Å²) < 4.78 is 15.0. The average molecular weight is 367 g/mol. The zero-order valence-electron chi connectivity index (χ0n) is 10.4. The van der Waals surface area contributed by atoms with E-state index in [-0.39, 0.29) is 0 Å². The molecule has 0 radical (unpaired) electrons. The first-order chi connectivity index (χ1) is 9.61. The molecule has 1 heterocycles. The van der Waals surface area contributed by atoms with Crippen LogP contribution < -0.4 is 5.73 Å². The first kappa shape index (κ1) is 13.7. The lowest BCUT2D eigenvalue weighted by Crippen LogP contribution is -1.95. The van der Waals surface area contributed by atoms with E-state index in [1.54, 1.807) is 0 Å². The quantitative estimate of drug-likeness (QED) is 0.714. The van der Waals surface area contributed by atoms with Crippen molar-refractivity contribution in [3.63, 3.8) is 0 Å². The molecule has 0 spiro atoms. The summed E-state index contributed by atoms with van der Waals surface area (Å²) in [5.74, 6) is 0.467. The minimum absolute atomic E-state index is 0.467. The molecule has 1 atom stereocenters. The summed E-state index contributed by atoms with van der Waals surface area (Å²) in [6.07, 6.45) is 0. The summed E-state index contributed by atoms with van der Waals surface area (Å²) in [6.45, 7) is 0. The fourth-order valence-electron chi connectivity index (χ4n) is 1.86. The summed E-state index contributed by atoms with van der Waals surface area (Å²) in [5.41, 5.74) is 8.32. The molecule has 2 aromatic carbocycles. The predicted molar refractivity (Wildman–Crippen MR) is 88.3 cm³/mol. The van der Waals surface area contributed by atoms with Crippen LogP contribution in [0.4, 0.5) is 5.69 Å². The van der Waals surface area contributed by atoms with Crippen LogP contribution in [-0.4, -0.2) is 9.19 Å². The summed E-state index contributed by atoms with van der Waals surface area (Å²) in [5, 5.41) is 0. The topological polar surface area (TPSA) is 56.0 Å². The first-order valence-corrected chi connectivity index (χ1v) is 8.83. The van der Waals surface area contributed by atoms with Crippen LogP contribution in [0.15, 0.2) is 51.3 Å². The molecule has 1 unspecified atom stereocenters. The van der Waals surface area contributed by atoms with Crippen LogP contribution in [0, 0.1) is 0 Å². The number of nitrogens with two attached hydrogens (primary N) is 1. The molecule has 0 amide bonds. The van der Waals surface area contributed by atoms with Gasteiger partial charge in [0.2, 0.25) is 0 Å². The Labute approximate surface area is 131 Å². The van der Waals surface area contributed by atoms with E-state index >= 15 is 0 Å². The summed E-state index contributed by atoms with van der Waals surface area (Å²) in [7, 11) is -1.14. The summed E-state index contributed by atoms with van der Waals surface area (Å²) >= 11 is 4.86. The number of hydrogen-bond acceptors (Lipinski definition) is 4. The molecule has 1 aromatic heterocycles. The zero-order valence-corrected chi connectivity index (χ0v) is 13.6. The summed E-state index contributed by atoms with van der Waals surface area (Å²) in [6, 6.07) is 13.4. The Balaban J connectivity index is 1.88. The minimum atomic E-state index is -1.14. The van der Waals surface area contributed by atoms with E-state index < -0.39 is 10.8 Å². The molecule has 3 aromatic rings. The van der Waals surface area contributed by atoms with Crippen molar-refractivity contribution in [1.29, 1.82) is 0 Å². The molecule has 0 aliphatic carbocycles. The third kappa shape index (κ3) is 2.92. The Kier molecular flexibility index (Phi) is 3.87. The van der Waals surface area contributed by atoms with Crippen LogP contribution in [0.25, 0.3) is 10.2 Å². The third-order valence-electron chi connectivity index (χ3n) is 2.77. The molecular formula is C14H11BrN2OS2. The van der Waals surface area contributed by atoms with Gasteiger partial charge in [0.05, 0.1) is 26.8 Å². The molecule has 0 fully saturated rings. The number of hydrogen-bond donors (Lipinski definition) is 1. The normalized spacial score (nSPS) is 12.7. The second kappa shape index (κ2) is 5.63. The molecule has 3 nitrogen and oxygen atoms in total. The molecule has 3 rings (SSSR count). The number of rotatable bonds is 3. The van der Waals surface area contributed by atoms with E-state index in [1.165, 1.54) is 11.3 Å². The molecular weight excluding hydrogens is 356 g/mol. The number of nitrogen functional groups attached to an aromatic ring is 1. The average Bonchev–Trinajstić information content (AvgIpc) is 2.81. The molecule has 0 aliphatic heterocycles. The van der Waals surface area contributed by atoms with Gasteiger partial charge < -0.3 is 5.73 Å². The highest BCUT2D eigenvalue weighted by atomic mass is 79.9. The SMILES string of the molecule is Nc1ccc2nc(S(=O)Cc3cccc(Br)c3)sc2c1. The summed E-state index contributed by atoms with van der Waals surface area (Å²) in [4.78, 5) is 4.42. The Hall–Kier alpha value is -1.24. The van der Waals surface area contributed by atoms with Crippen LogP contribution in [-0.2, 0) is 16.6 Å². The third-order valence-corrected chi connectivity index (χ3v) is 5.96. The van der Waals surface area contributed by atoms with Gasteiger partial charge in [-0.1, -0.05) is 28.1 Å². The zero-order chi connectivity index (χ0) is 14.1. The van der Waals surface area contributed by atoms with Crippen molar-refractivity contribution in [3.05, 3.63) is 52.5 Å². The molecule has 0 aliphatic rings. The van der Waals surface area contributed by atoms with Crippen LogP contribution in [0.1, 0.15) is 5.56 Å². The minimum Gasteiger partial charge on any atom is -0.399 e. The maximum atomic E-state index is 12.4. The van der Waals surface area contributed by atoms with Crippen molar-refractivity contribution in [2.45, 2.75) is 10.1 Å². The first-order valence-electron chi connectivity index (χ1n) is 5.91. The van der Waals surface area contributed by atoms with E-state index in [4.69, 9.17) is 5.73 Å². The number of thiazole rings is 1. The van der Waals surface area contributed by atoms with Gasteiger partial charge in [-0.05, 0) is 35.9 Å². The van der Waals surface area contributed by atoms with Crippen molar-refractivity contribution in [2.75, 3.05) is 5.73 Å². The highest BCUT2D eigenvalue weighted by Gasteiger charge is 2.11. The van der Waals surface area contributed by atoms with Crippen molar-refractivity contribution in [3.8, 4) is 0 Å². The molecule has 20 heavy (non-hydrogen) atoms. The van der Waals surface area contributed by atoms with Gasteiger partial charge in [-0.2, -0.15) is 0 Å². The fourth-order valence-corrected chi connectivity index (χ4v) is 4.67. The lowest BCUT2D eigenvalue weighted by molar-refractivity contribution is 0.682. The lowest BCUT2D eigenvalue weighted by Gasteiger charge is -1.99. The van der Waals surface area contributed by atoms with Crippen molar-refractivity contribution < 1.29 is 4.21 Å². The fraction of sp³-hybridized carbons (Fsp3) is 0.0714. The number of benzene rings is 2. The Morgan fingerprint density at radius 2 is 2.10 bits per heavy atom. The number of anilines is 1. The van der Waals surface area contributed by atoms with Gasteiger partial charge in [-0.15, -0.1) is 11.3 Å². The molecule has 102 valence electrons. The lowest BCUT2D eigenvalue weighted by atomic mass is 10.2. The number of nitrogens with zero attached hydrogens (tertiary/aromatic N) is 1. The monoisotopic (exact) mass is 366 g/mol. The Bertz CT molecular complexity index is 801. The van der Waals surface area contributed by atoms with Gasteiger partial charge in [-0.3, -0.25) is 4.21 Å². The van der Waals surface area contributed by atoms with E-state index in [0.29, 0.717) is 15.8 Å². The van der Waals surface area contributed by atoms with Gasteiger partial charge in [0.25, 0.3) is 0 Å². The van der Waals surface area contributed by atoms with Gasteiger partial charge >= 0.3 is 0 Å². The van der Waals surface area contributed by atoms with Crippen molar-refractivity contribution in [1.82, 2.24) is 4.98 Å².